The molecule has 2 rings (SSSR count). The third kappa shape index (κ3) is 3.36. The van der Waals surface area contributed by atoms with Crippen LogP contribution in [-0.2, 0) is 9.63 Å². The normalized spacial score (nSPS) is 17.1. The second kappa shape index (κ2) is 6.52. The monoisotopic (exact) mass is 277 g/mol. The molecule has 0 heterocycles. The van der Waals surface area contributed by atoms with Crippen LogP contribution in [0.2, 0.25) is 0 Å². The Balaban J connectivity index is 2.03. The Kier molecular flexibility index (Phi) is 4.74. The lowest BCUT2D eigenvalue weighted by Crippen LogP contribution is -2.44. The first-order valence-corrected chi connectivity index (χ1v) is 6.82. The molecule has 0 unspecified atom stereocenters. The first kappa shape index (κ1) is 14.5. The summed E-state index contributed by atoms with van der Waals surface area (Å²) in [7, 11) is 1.51. The average Bonchev–Trinajstić information content (AvgIpc) is 2.93. The molecular formula is C15H19NO4. The van der Waals surface area contributed by atoms with Crippen molar-refractivity contribution in [1.29, 1.82) is 0 Å². The second-order valence-corrected chi connectivity index (χ2v) is 5.12. The molecule has 1 saturated carbocycles. The zero-order chi connectivity index (χ0) is 14.5. The van der Waals surface area contributed by atoms with E-state index in [1.807, 2.05) is 0 Å². The molecule has 1 atom stereocenters. The van der Waals surface area contributed by atoms with E-state index in [4.69, 9.17) is 4.84 Å². The summed E-state index contributed by atoms with van der Waals surface area (Å²) in [6.45, 7) is 0. The molecule has 0 aromatic heterocycles. The Morgan fingerprint density at radius 1 is 1.25 bits per heavy atom. The molecule has 1 N–H and O–H groups in total. The van der Waals surface area contributed by atoms with Crippen LogP contribution in [-0.4, -0.2) is 35.2 Å². The van der Waals surface area contributed by atoms with Crippen LogP contribution in [0.5, 0.6) is 0 Å². The Bertz CT molecular complexity index is 468. The van der Waals surface area contributed by atoms with Crippen LogP contribution >= 0.6 is 0 Å². The number of carboxylic acid groups (broad SMARTS) is 1. The third-order valence-electron chi connectivity index (χ3n) is 3.73. The number of carbonyl (C=O) groups excluding carboxylic acids is 1. The Labute approximate surface area is 118 Å². The first-order chi connectivity index (χ1) is 9.59. The van der Waals surface area contributed by atoms with Gasteiger partial charge in [0.2, 0.25) is 0 Å². The zero-order valence-corrected chi connectivity index (χ0v) is 11.5. The van der Waals surface area contributed by atoms with E-state index >= 15 is 0 Å². The predicted octanol–water partition coefficient (Wildman–Crippen LogP) is 2.33. The quantitative estimate of drug-likeness (QED) is 0.837. The molecule has 1 fully saturated rings. The second-order valence-electron chi connectivity index (χ2n) is 5.12. The van der Waals surface area contributed by atoms with E-state index in [-0.39, 0.29) is 5.92 Å². The lowest BCUT2D eigenvalue weighted by Gasteiger charge is -2.27. The highest BCUT2D eigenvalue weighted by atomic mass is 16.7. The van der Waals surface area contributed by atoms with Crippen LogP contribution in [0, 0.1) is 5.92 Å². The lowest BCUT2D eigenvalue weighted by molar-refractivity contribution is -0.170. The number of benzene rings is 1. The summed E-state index contributed by atoms with van der Waals surface area (Å²) in [6, 6.07) is 7.79. The van der Waals surface area contributed by atoms with Gasteiger partial charge in [-0.15, -0.1) is 5.06 Å². The molecule has 5 nitrogen and oxygen atoms in total. The van der Waals surface area contributed by atoms with Gasteiger partial charge in [-0.2, -0.15) is 0 Å². The molecular weight excluding hydrogens is 258 g/mol. The summed E-state index contributed by atoms with van der Waals surface area (Å²) in [6.07, 6.45) is 3.80. The molecule has 1 aliphatic carbocycles. The highest BCUT2D eigenvalue weighted by molar-refractivity contribution is 5.89. The maximum absolute atomic E-state index is 11.9. The van der Waals surface area contributed by atoms with E-state index in [0.29, 0.717) is 5.56 Å². The van der Waals surface area contributed by atoms with Crippen LogP contribution in [0.1, 0.15) is 36.0 Å². The SMILES string of the molecule is CN(OC(=O)c1ccccc1)[C@H](C(=O)O)C1CCCC1. The van der Waals surface area contributed by atoms with Gasteiger partial charge < -0.3 is 9.94 Å². The fourth-order valence-corrected chi connectivity index (χ4v) is 2.74. The minimum absolute atomic E-state index is 0.0427. The molecule has 0 amide bonds. The number of carboxylic acids is 1. The fourth-order valence-electron chi connectivity index (χ4n) is 2.74. The van der Waals surface area contributed by atoms with Gasteiger partial charge in [0, 0.05) is 7.05 Å². The van der Waals surface area contributed by atoms with Crippen LogP contribution in [0.15, 0.2) is 30.3 Å². The predicted molar refractivity (Wildman–Crippen MR) is 73.0 cm³/mol. The summed E-state index contributed by atoms with van der Waals surface area (Å²) in [5.74, 6) is -1.43. The van der Waals surface area contributed by atoms with Crippen molar-refractivity contribution in [2.75, 3.05) is 7.05 Å². The minimum atomic E-state index is -0.944. The van der Waals surface area contributed by atoms with Crippen LogP contribution in [0.4, 0.5) is 0 Å². The summed E-state index contributed by atoms with van der Waals surface area (Å²) < 4.78 is 0. The summed E-state index contributed by atoms with van der Waals surface area (Å²) in [5, 5.41) is 10.5. The van der Waals surface area contributed by atoms with Gasteiger partial charge in [0.15, 0.2) is 0 Å². The molecule has 0 bridgehead atoms. The molecule has 5 heteroatoms. The average molecular weight is 277 g/mol. The maximum Gasteiger partial charge on any atom is 0.357 e. The maximum atomic E-state index is 11.9. The van der Waals surface area contributed by atoms with E-state index in [1.54, 1.807) is 30.3 Å². The number of likely N-dealkylation sites (N-methyl/N-ethyl adjacent to an activating group) is 1. The van der Waals surface area contributed by atoms with Crippen molar-refractivity contribution in [3.8, 4) is 0 Å². The van der Waals surface area contributed by atoms with E-state index < -0.39 is 18.0 Å². The smallest absolute Gasteiger partial charge is 0.357 e. The van der Waals surface area contributed by atoms with Crippen molar-refractivity contribution < 1.29 is 19.5 Å². The summed E-state index contributed by atoms with van der Waals surface area (Å²) >= 11 is 0. The molecule has 20 heavy (non-hydrogen) atoms. The van der Waals surface area contributed by atoms with Gasteiger partial charge in [-0.25, -0.2) is 4.79 Å². The number of hydrogen-bond acceptors (Lipinski definition) is 4. The van der Waals surface area contributed by atoms with E-state index in [2.05, 4.69) is 0 Å². The van der Waals surface area contributed by atoms with E-state index in [0.717, 1.165) is 25.7 Å². The van der Waals surface area contributed by atoms with Crippen molar-refractivity contribution in [2.45, 2.75) is 31.7 Å². The van der Waals surface area contributed by atoms with Crippen molar-refractivity contribution in [3.63, 3.8) is 0 Å². The largest absolute Gasteiger partial charge is 0.480 e. The van der Waals surface area contributed by atoms with E-state index in [9.17, 15) is 14.7 Å². The number of hydroxylamine groups is 2. The number of hydrogen-bond donors (Lipinski definition) is 1. The van der Waals surface area contributed by atoms with Crippen molar-refractivity contribution in [2.24, 2.45) is 5.92 Å². The highest BCUT2D eigenvalue weighted by Crippen LogP contribution is 2.30. The van der Waals surface area contributed by atoms with Gasteiger partial charge in [-0.1, -0.05) is 31.0 Å². The third-order valence-corrected chi connectivity index (χ3v) is 3.73. The first-order valence-electron chi connectivity index (χ1n) is 6.82. The van der Waals surface area contributed by atoms with Gasteiger partial charge in [-0.3, -0.25) is 4.79 Å². The Morgan fingerprint density at radius 2 is 1.85 bits per heavy atom. The molecule has 1 aromatic carbocycles. The van der Waals surface area contributed by atoms with Gasteiger partial charge in [0.25, 0.3) is 0 Å². The highest BCUT2D eigenvalue weighted by Gasteiger charge is 2.35. The Hall–Kier alpha value is -1.88. The molecule has 0 spiro atoms. The van der Waals surface area contributed by atoms with Crippen molar-refractivity contribution in [3.05, 3.63) is 35.9 Å². The molecule has 0 aliphatic heterocycles. The van der Waals surface area contributed by atoms with Crippen LogP contribution in [0.25, 0.3) is 0 Å². The molecule has 1 aliphatic rings. The fraction of sp³-hybridized carbons (Fsp3) is 0.467. The van der Waals surface area contributed by atoms with Crippen LogP contribution in [0.3, 0.4) is 0 Å². The van der Waals surface area contributed by atoms with Gasteiger partial charge in [-0.05, 0) is 30.9 Å². The van der Waals surface area contributed by atoms with Gasteiger partial charge >= 0.3 is 11.9 Å². The molecule has 108 valence electrons. The molecule has 0 saturated heterocycles. The van der Waals surface area contributed by atoms with Crippen molar-refractivity contribution in [1.82, 2.24) is 5.06 Å². The number of aliphatic carboxylic acids is 1. The summed E-state index contributed by atoms with van der Waals surface area (Å²) in [5.41, 5.74) is 0.412. The van der Waals surface area contributed by atoms with E-state index in [1.165, 1.54) is 12.1 Å². The lowest BCUT2D eigenvalue weighted by atomic mass is 9.98. The van der Waals surface area contributed by atoms with Gasteiger partial charge in [0.1, 0.15) is 6.04 Å². The van der Waals surface area contributed by atoms with Gasteiger partial charge in [0.05, 0.1) is 5.56 Å². The Morgan fingerprint density at radius 3 is 2.40 bits per heavy atom. The number of carbonyl (C=O) groups is 2. The summed E-state index contributed by atoms with van der Waals surface area (Å²) in [4.78, 5) is 28.5. The minimum Gasteiger partial charge on any atom is -0.480 e. The molecule has 1 aromatic rings. The number of nitrogens with zero attached hydrogens (tertiary/aromatic N) is 1. The standard InChI is InChI=1S/C15H19NO4/c1-16(13(14(17)18)11-7-5-6-8-11)20-15(19)12-9-3-2-4-10-12/h2-4,9-11,13H,5-8H2,1H3,(H,17,18)/t13-/m0/s1. The molecule has 0 radical (unpaired) electrons. The van der Waals surface area contributed by atoms with Crippen molar-refractivity contribution >= 4 is 11.9 Å². The topological polar surface area (TPSA) is 66.8 Å². The van der Waals surface area contributed by atoms with Crippen LogP contribution < -0.4 is 0 Å². The number of rotatable bonds is 5. The zero-order valence-electron chi connectivity index (χ0n) is 11.5.